The Bertz CT molecular complexity index is 957. The van der Waals surface area contributed by atoms with Crippen LogP contribution in [0.1, 0.15) is 42.5 Å². The van der Waals surface area contributed by atoms with Crippen LogP contribution in [0, 0.1) is 0 Å². The van der Waals surface area contributed by atoms with Crippen LogP contribution in [-0.4, -0.2) is 29.6 Å². The molecule has 0 spiro atoms. The summed E-state index contributed by atoms with van der Waals surface area (Å²) in [6.07, 6.45) is -2.07. The third-order valence-electron chi connectivity index (χ3n) is 5.01. The first-order chi connectivity index (χ1) is 13.9. The number of rotatable bonds is 6. The zero-order valence-corrected chi connectivity index (χ0v) is 16.4. The highest BCUT2D eigenvalue weighted by Gasteiger charge is 2.53. The molecule has 0 fully saturated rings. The maximum absolute atomic E-state index is 11.6. The van der Waals surface area contributed by atoms with Crippen molar-refractivity contribution in [2.24, 2.45) is 0 Å². The van der Waals surface area contributed by atoms with Gasteiger partial charge in [0.15, 0.2) is 0 Å². The minimum absolute atomic E-state index is 0.364. The van der Waals surface area contributed by atoms with Gasteiger partial charge in [-0.15, -0.1) is 0 Å². The fourth-order valence-corrected chi connectivity index (χ4v) is 3.94. The highest BCUT2D eigenvalue weighted by Crippen LogP contribution is 2.55. The van der Waals surface area contributed by atoms with Crippen molar-refractivity contribution in [3.63, 3.8) is 0 Å². The molecule has 0 amide bonds. The van der Waals surface area contributed by atoms with Crippen molar-refractivity contribution in [3.05, 3.63) is 64.7 Å². The summed E-state index contributed by atoms with van der Waals surface area (Å²) in [6, 6.07) is 12.2. The Morgan fingerprint density at radius 2 is 1.55 bits per heavy atom. The summed E-state index contributed by atoms with van der Waals surface area (Å²) in [5, 5.41) is 18.9. The Labute approximate surface area is 168 Å². The molecule has 0 saturated carbocycles. The van der Waals surface area contributed by atoms with Crippen LogP contribution < -0.4 is 4.74 Å². The fourth-order valence-electron chi connectivity index (χ4n) is 3.94. The Morgan fingerprint density at radius 3 is 2.03 bits per heavy atom. The first-order valence-corrected chi connectivity index (χ1v) is 9.22. The summed E-state index contributed by atoms with van der Waals surface area (Å²) >= 11 is 0. The van der Waals surface area contributed by atoms with Gasteiger partial charge in [0.25, 0.3) is 0 Å². The molecule has 0 aromatic heterocycles. The Hall–Kier alpha value is -3.48. The van der Waals surface area contributed by atoms with Crippen molar-refractivity contribution < 1.29 is 34.0 Å². The summed E-state index contributed by atoms with van der Waals surface area (Å²) in [4.78, 5) is 23.3. The normalized spacial score (nSPS) is 14.3. The van der Waals surface area contributed by atoms with E-state index in [0.717, 1.165) is 16.7 Å². The second-order valence-electron chi connectivity index (χ2n) is 6.48. The molecule has 0 aliphatic heterocycles. The van der Waals surface area contributed by atoms with Gasteiger partial charge in [0.1, 0.15) is 5.75 Å². The number of allylic oxidation sites excluding steroid dienone is 1. The number of aryl methyl sites for hydroxylation is 1. The van der Waals surface area contributed by atoms with E-state index in [-0.39, 0.29) is 0 Å². The minimum Gasteiger partial charge on any atom is -0.497 e. The molecule has 0 radical (unpaired) electrons. The lowest BCUT2D eigenvalue weighted by atomic mass is 9.94. The summed E-state index contributed by atoms with van der Waals surface area (Å²) in [5.41, 5.74) is 3.82. The molecule has 1 aliphatic rings. The van der Waals surface area contributed by atoms with E-state index in [1.165, 1.54) is 7.11 Å². The quantitative estimate of drug-likeness (QED) is 0.513. The van der Waals surface area contributed by atoms with Crippen molar-refractivity contribution in [1.29, 1.82) is 0 Å². The van der Waals surface area contributed by atoms with Crippen LogP contribution in [0.5, 0.6) is 5.75 Å². The molecule has 0 atom stereocenters. The van der Waals surface area contributed by atoms with Gasteiger partial charge >= 0.3 is 18.1 Å². The molecule has 2 aromatic carbocycles. The van der Waals surface area contributed by atoms with Gasteiger partial charge in [-0.05, 0) is 47.2 Å². The van der Waals surface area contributed by atoms with E-state index in [0.29, 0.717) is 35.3 Å². The predicted molar refractivity (Wildman–Crippen MR) is 106 cm³/mol. The lowest BCUT2D eigenvalue weighted by Gasteiger charge is -2.30. The van der Waals surface area contributed by atoms with Crippen molar-refractivity contribution >= 4 is 23.5 Å². The highest BCUT2D eigenvalue weighted by molar-refractivity contribution is 6.02. The van der Waals surface area contributed by atoms with Gasteiger partial charge in [0.05, 0.1) is 12.7 Å². The van der Waals surface area contributed by atoms with Crippen molar-refractivity contribution in [1.82, 2.24) is 0 Å². The van der Waals surface area contributed by atoms with E-state index in [2.05, 4.69) is 0 Å². The van der Waals surface area contributed by atoms with Gasteiger partial charge in [-0.2, -0.15) is 0 Å². The van der Waals surface area contributed by atoms with E-state index < -0.39 is 18.1 Å². The van der Waals surface area contributed by atoms with Crippen molar-refractivity contribution in [2.45, 2.75) is 32.5 Å². The van der Waals surface area contributed by atoms with Crippen LogP contribution in [0.4, 0.5) is 9.59 Å². The van der Waals surface area contributed by atoms with Gasteiger partial charge in [0, 0.05) is 5.56 Å². The third kappa shape index (κ3) is 3.40. The number of carboxylic acid groups (broad SMARTS) is 2. The number of ether oxygens (including phenoxy) is 3. The largest absolute Gasteiger partial charge is 0.509 e. The second-order valence-corrected chi connectivity index (χ2v) is 6.48. The lowest BCUT2D eigenvalue weighted by molar-refractivity contribution is -0.146. The van der Waals surface area contributed by atoms with E-state index >= 15 is 0 Å². The van der Waals surface area contributed by atoms with E-state index in [9.17, 15) is 19.8 Å². The molecule has 0 unspecified atom stereocenters. The molecule has 7 heteroatoms. The monoisotopic (exact) mass is 398 g/mol. The topological polar surface area (TPSA) is 102 Å². The summed E-state index contributed by atoms with van der Waals surface area (Å²) in [6.45, 7) is 3.90. The predicted octanol–water partition coefficient (Wildman–Crippen LogP) is 5.13. The smallest absolute Gasteiger partial charge is 0.497 e. The molecule has 0 saturated heterocycles. The Kier molecular flexibility index (Phi) is 5.50. The number of methoxy groups -OCH3 is 1. The number of hydrogen-bond donors (Lipinski definition) is 2. The molecule has 152 valence electrons. The average Bonchev–Trinajstić information content (AvgIpc) is 2.96. The Balaban J connectivity index is 2.39. The van der Waals surface area contributed by atoms with E-state index in [4.69, 9.17) is 14.2 Å². The molecule has 0 heterocycles. The molecule has 3 rings (SSSR count). The second kappa shape index (κ2) is 7.87. The summed E-state index contributed by atoms with van der Waals surface area (Å²) in [7, 11) is 1.54. The van der Waals surface area contributed by atoms with Crippen LogP contribution in [0.15, 0.2) is 42.5 Å². The number of hydrogen-bond acceptors (Lipinski definition) is 5. The van der Waals surface area contributed by atoms with Crippen molar-refractivity contribution in [3.8, 4) is 5.75 Å². The summed E-state index contributed by atoms with van der Waals surface area (Å²) in [5.74, 6) is -1.50. The van der Waals surface area contributed by atoms with Gasteiger partial charge in [-0.3, -0.25) is 0 Å². The maximum Gasteiger partial charge on any atom is 0.509 e. The standard InChI is InChI=1S/C22H22O7/c1-4-13-7-6-8-17-18(13)16(5-2)19(14-9-11-15(27-3)12-10-14)22(17,28-20(23)24)29-21(25)26/h6-12H,4-5H2,1-3H3,(H,23,24)(H,25,26). The van der Waals surface area contributed by atoms with Gasteiger partial charge in [-0.1, -0.05) is 44.2 Å². The SMILES string of the molecule is CCC1=C(c2ccc(OC)cc2)C(OC(=O)O)(OC(=O)O)c2cccc(CC)c21. The summed E-state index contributed by atoms with van der Waals surface area (Å²) < 4.78 is 15.6. The number of fused-ring (bicyclic) bond motifs is 1. The van der Waals surface area contributed by atoms with Crippen LogP contribution in [0.3, 0.4) is 0 Å². The number of benzene rings is 2. The fraction of sp³-hybridized carbons (Fsp3) is 0.273. The van der Waals surface area contributed by atoms with E-state index in [1.807, 2.05) is 19.9 Å². The van der Waals surface area contributed by atoms with Crippen LogP contribution in [0.2, 0.25) is 0 Å². The molecule has 2 N–H and O–H groups in total. The van der Waals surface area contributed by atoms with Crippen molar-refractivity contribution in [2.75, 3.05) is 7.11 Å². The molecular formula is C22H22O7. The van der Waals surface area contributed by atoms with Crippen LogP contribution in [0.25, 0.3) is 11.1 Å². The molecule has 29 heavy (non-hydrogen) atoms. The Morgan fingerprint density at radius 1 is 0.931 bits per heavy atom. The average molecular weight is 398 g/mol. The zero-order chi connectivity index (χ0) is 21.2. The molecule has 7 nitrogen and oxygen atoms in total. The molecule has 1 aliphatic carbocycles. The minimum atomic E-state index is -2.11. The molecule has 0 bridgehead atoms. The van der Waals surface area contributed by atoms with Crippen LogP contribution >= 0.6 is 0 Å². The van der Waals surface area contributed by atoms with Crippen LogP contribution in [-0.2, 0) is 21.7 Å². The van der Waals surface area contributed by atoms with Gasteiger partial charge in [0.2, 0.25) is 0 Å². The third-order valence-corrected chi connectivity index (χ3v) is 5.01. The maximum atomic E-state index is 11.6. The zero-order valence-electron chi connectivity index (χ0n) is 16.4. The molecular weight excluding hydrogens is 376 g/mol. The van der Waals surface area contributed by atoms with Gasteiger partial charge in [-0.25, -0.2) is 9.59 Å². The molecule has 2 aromatic rings. The first-order valence-electron chi connectivity index (χ1n) is 9.22. The first kappa shape index (κ1) is 20.3. The number of carbonyl (C=O) groups is 2. The van der Waals surface area contributed by atoms with E-state index in [1.54, 1.807) is 36.4 Å². The highest BCUT2D eigenvalue weighted by atomic mass is 16.8. The van der Waals surface area contributed by atoms with Gasteiger partial charge < -0.3 is 24.4 Å². The lowest BCUT2D eigenvalue weighted by Crippen LogP contribution is -2.37.